The lowest BCUT2D eigenvalue weighted by atomic mass is 10.2. The molecule has 0 saturated heterocycles. The van der Waals surface area contributed by atoms with E-state index in [4.69, 9.17) is 0 Å². The lowest BCUT2D eigenvalue weighted by molar-refractivity contribution is -0.387. The molecule has 3 aromatic carbocycles. The van der Waals surface area contributed by atoms with Gasteiger partial charge in [0.25, 0.3) is 21.3 Å². The standard InChI is InChI=1S/C21H16N4O5S/c1-14-22-18-10-3-2-9-17(18)21(26)24(14)16-8-6-7-15(13-16)23-31(29,30)20-12-5-4-11-19(20)25(27)28/h2-13,23H,1H3. The van der Waals surface area contributed by atoms with Gasteiger partial charge in [0.1, 0.15) is 5.82 Å². The van der Waals surface area contributed by atoms with Crippen molar-refractivity contribution in [1.82, 2.24) is 9.55 Å². The molecular formula is C21H16N4O5S. The minimum atomic E-state index is -4.24. The maximum absolute atomic E-state index is 13.0. The average Bonchev–Trinajstić information content (AvgIpc) is 2.74. The molecule has 0 atom stereocenters. The molecule has 1 N–H and O–H groups in total. The molecule has 10 heteroatoms. The fourth-order valence-electron chi connectivity index (χ4n) is 3.30. The third kappa shape index (κ3) is 3.76. The van der Waals surface area contributed by atoms with Crippen LogP contribution in [0.15, 0.2) is 82.5 Å². The maximum atomic E-state index is 13.0. The van der Waals surface area contributed by atoms with Crippen LogP contribution in [0.2, 0.25) is 0 Å². The predicted octanol–water partition coefficient (Wildman–Crippen LogP) is 3.40. The van der Waals surface area contributed by atoms with Crippen LogP contribution in [0.4, 0.5) is 11.4 Å². The van der Waals surface area contributed by atoms with E-state index >= 15 is 0 Å². The van der Waals surface area contributed by atoms with Gasteiger partial charge in [0.05, 0.1) is 27.2 Å². The van der Waals surface area contributed by atoms with E-state index in [0.717, 1.165) is 12.1 Å². The fraction of sp³-hybridized carbons (Fsp3) is 0.0476. The molecule has 0 spiro atoms. The minimum absolute atomic E-state index is 0.148. The van der Waals surface area contributed by atoms with E-state index in [-0.39, 0.29) is 11.2 Å². The summed E-state index contributed by atoms with van der Waals surface area (Å²) in [6.45, 7) is 1.68. The molecule has 0 unspecified atom stereocenters. The first kappa shape index (κ1) is 20.2. The molecule has 1 heterocycles. The summed E-state index contributed by atoms with van der Waals surface area (Å²) >= 11 is 0. The van der Waals surface area contributed by atoms with Gasteiger partial charge in [-0.05, 0) is 43.3 Å². The Kier molecular flexibility index (Phi) is 4.99. The van der Waals surface area contributed by atoms with Gasteiger partial charge in [0.15, 0.2) is 4.90 Å². The van der Waals surface area contributed by atoms with E-state index < -0.39 is 25.5 Å². The molecule has 31 heavy (non-hydrogen) atoms. The lowest BCUT2D eigenvalue weighted by Gasteiger charge is -2.13. The Morgan fingerprint density at radius 1 is 1.00 bits per heavy atom. The minimum Gasteiger partial charge on any atom is -0.279 e. The van der Waals surface area contributed by atoms with Crippen molar-refractivity contribution in [2.45, 2.75) is 11.8 Å². The van der Waals surface area contributed by atoms with Crippen molar-refractivity contribution in [2.75, 3.05) is 4.72 Å². The van der Waals surface area contributed by atoms with Gasteiger partial charge in [-0.1, -0.05) is 30.3 Å². The van der Waals surface area contributed by atoms with E-state index in [1.807, 2.05) is 0 Å². The summed E-state index contributed by atoms with van der Waals surface area (Å²) < 4.78 is 29.3. The topological polar surface area (TPSA) is 124 Å². The average molecular weight is 436 g/mol. The maximum Gasteiger partial charge on any atom is 0.289 e. The Morgan fingerprint density at radius 3 is 2.48 bits per heavy atom. The van der Waals surface area contributed by atoms with Crippen LogP contribution >= 0.6 is 0 Å². The highest BCUT2D eigenvalue weighted by Crippen LogP contribution is 2.26. The number of hydrogen-bond donors (Lipinski definition) is 1. The summed E-state index contributed by atoms with van der Waals surface area (Å²) in [5.41, 5.74) is 0.298. The first-order chi connectivity index (χ1) is 14.8. The molecular weight excluding hydrogens is 420 g/mol. The SMILES string of the molecule is Cc1nc2ccccc2c(=O)n1-c1cccc(NS(=O)(=O)c2ccccc2[N+](=O)[O-])c1. The van der Waals surface area contributed by atoms with Gasteiger partial charge in [-0.15, -0.1) is 0 Å². The van der Waals surface area contributed by atoms with Crippen LogP contribution in [-0.2, 0) is 10.0 Å². The van der Waals surface area contributed by atoms with Crippen LogP contribution in [0.1, 0.15) is 5.82 Å². The number of nitrogens with one attached hydrogen (secondary N) is 1. The second-order valence-corrected chi connectivity index (χ2v) is 8.35. The first-order valence-electron chi connectivity index (χ1n) is 9.13. The summed E-state index contributed by atoms with van der Waals surface area (Å²) in [7, 11) is -4.24. The zero-order valence-corrected chi connectivity index (χ0v) is 17.0. The molecule has 0 radical (unpaired) electrons. The molecule has 1 aromatic heterocycles. The number of rotatable bonds is 5. The molecule has 0 aliphatic rings. The van der Waals surface area contributed by atoms with Crippen molar-refractivity contribution in [3.8, 4) is 5.69 Å². The molecule has 0 aliphatic carbocycles. The van der Waals surface area contributed by atoms with Crippen LogP contribution < -0.4 is 10.3 Å². The quantitative estimate of drug-likeness (QED) is 0.378. The number of nitro groups is 1. The largest absolute Gasteiger partial charge is 0.289 e. The van der Waals surface area contributed by atoms with E-state index in [2.05, 4.69) is 9.71 Å². The molecule has 0 aliphatic heterocycles. The highest BCUT2D eigenvalue weighted by atomic mass is 32.2. The third-order valence-corrected chi connectivity index (χ3v) is 6.08. The number of nitro benzene ring substituents is 1. The number of sulfonamides is 1. The van der Waals surface area contributed by atoms with Crippen LogP contribution in [0, 0.1) is 17.0 Å². The molecule has 4 aromatic rings. The second kappa shape index (κ2) is 7.65. The second-order valence-electron chi connectivity index (χ2n) is 6.70. The molecule has 0 bridgehead atoms. The van der Waals surface area contributed by atoms with Gasteiger partial charge < -0.3 is 0 Å². The van der Waals surface area contributed by atoms with Gasteiger partial charge in [-0.3, -0.25) is 24.2 Å². The monoisotopic (exact) mass is 436 g/mol. The number of aryl methyl sites for hydroxylation is 1. The Bertz CT molecular complexity index is 1500. The first-order valence-corrected chi connectivity index (χ1v) is 10.6. The Hall–Kier alpha value is -4.05. The lowest BCUT2D eigenvalue weighted by Crippen LogP contribution is -2.22. The molecule has 4 rings (SSSR count). The Morgan fingerprint density at radius 2 is 1.71 bits per heavy atom. The zero-order valence-electron chi connectivity index (χ0n) is 16.2. The Labute approximate surface area is 176 Å². The predicted molar refractivity (Wildman–Crippen MR) is 116 cm³/mol. The van der Waals surface area contributed by atoms with Crippen molar-refractivity contribution in [3.63, 3.8) is 0 Å². The van der Waals surface area contributed by atoms with Crippen LogP contribution in [0.25, 0.3) is 16.6 Å². The zero-order chi connectivity index (χ0) is 22.2. The van der Waals surface area contributed by atoms with Crippen LogP contribution in [0.3, 0.4) is 0 Å². The van der Waals surface area contributed by atoms with E-state index in [9.17, 15) is 23.3 Å². The summed E-state index contributed by atoms with van der Waals surface area (Å²) in [5, 5.41) is 11.6. The van der Waals surface area contributed by atoms with Crippen LogP contribution in [-0.4, -0.2) is 22.9 Å². The molecule has 0 amide bonds. The summed E-state index contributed by atoms with van der Waals surface area (Å²) in [4.78, 5) is 27.4. The van der Waals surface area contributed by atoms with E-state index in [1.165, 1.54) is 28.8 Å². The van der Waals surface area contributed by atoms with Crippen molar-refractivity contribution in [1.29, 1.82) is 0 Å². The number of anilines is 1. The van der Waals surface area contributed by atoms with Crippen molar-refractivity contribution in [2.24, 2.45) is 0 Å². The van der Waals surface area contributed by atoms with Crippen molar-refractivity contribution in [3.05, 3.63) is 99.1 Å². The number of nitrogens with zero attached hydrogens (tertiary/aromatic N) is 3. The number of hydrogen-bond acceptors (Lipinski definition) is 6. The number of benzene rings is 3. The summed E-state index contributed by atoms with van der Waals surface area (Å²) in [6, 6.07) is 18.2. The fourth-order valence-corrected chi connectivity index (χ4v) is 4.52. The van der Waals surface area contributed by atoms with Crippen molar-refractivity contribution < 1.29 is 13.3 Å². The van der Waals surface area contributed by atoms with E-state index in [1.54, 1.807) is 43.3 Å². The van der Waals surface area contributed by atoms with Gasteiger partial charge in [0.2, 0.25) is 0 Å². The number of para-hydroxylation sites is 2. The highest BCUT2D eigenvalue weighted by Gasteiger charge is 2.25. The highest BCUT2D eigenvalue weighted by molar-refractivity contribution is 7.92. The molecule has 0 fully saturated rings. The summed E-state index contributed by atoms with van der Waals surface area (Å²) in [6.07, 6.45) is 0. The van der Waals surface area contributed by atoms with Gasteiger partial charge in [-0.25, -0.2) is 13.4 Å². The van der Waals surface area contributed by atoms with Gasteiger partial charge in [-0.2, -0.15) is 0 Å². The number of fused-ring (bicyclic) bond motifs is 1. The van der Waals surface area contributed by atoms with Gasteiger partial charge >= 0.3 is 0 Å². The smallest absolute Gasteiger partial charge is 0.279 e. The van der Waals surface area contributed by atoms with Crippen molar-refractivity contribution >= 4 is 32.3 Å². The Balaban J connectivity index is 1.78. The molecule has 0 saturated carbocycles. The molecule has 156 valence electrons. The molecule has 9 nitrogen and oxygen atoms in total. The van der Waals surface area contributed by atoms with Crippen LogP contribution in [0.5, 0.6) is 0 Å². The summed E-state index contributed by atoms with van der Waals surface area (Å²) in [5.74, 6) is 0.433. The van der Waals surface area contributed by atoms with Gasteiger partial charge in [0, 0.05) is 6.07 Å². The number of aromatic nitrogens is 2. The third-order valence-electron chi connectivity index (χ3n) is 4.65. The normalized spacial score (nSPS) is 11.4. The van der Waals surface area contributed by atoms with E-state index in [0.29, 0.717) is 22.4 Å².